The number of nitrogens with one attached hydrogen (secondary N) is 1. The van der Waals surface area contributed by atoms with Crippen molar-refractivity contribution in [2.24, 2.45) is 0 Å². The van der Waals surface area contributed by atoms with E-state index in [9.17, 15) is 27.9 Å². The molecule has 2 rings (SSSR count). The van der Waals surface area contributed by atoms with E-state index in [2.05, 4.69) is 5.32 Å². The summed E-state index contributed by atoms with van der Waals surface area (Å²) in [4.78, 5) is 25.0. The summed E-state index contributed by atoms with van der Waals surface area (Å²) in [5.41, 5.74) is -2.35. The zero-order chi connectivity index (χ0) is 18.7. The second kappa shape index (κ2) is 7.43. The third kappa shape index (κ3) is 4.72. The molecule has 1 saturated heterocycles. The summed E-state index contributed by atoms with van der Waals surface area (Å²) < 4.78 is 38.8. The third-order valence-electron chi connectivity index (χ3n) is 4.34. The molecule has 1 atom stereocenters. The maximum atomic E-state index is 12.9. The van der Waals surface area contributed by atoms with Crippen LogP contribution in [-0.2, 0) is 22.2 Å². The Morgan fingerprint density at radius 2 is 2.00 bits per heavy atom. The maximum absolute atomic E-state index is 12.9. The summed E-state index contributed by atoms with van der Waals surface area (Å²) in [6.45, 7) is 1.70. The molecule has 0 saturated carbocycles. The van der Waals surface area contributed by atoms with Crippen LogP contribution in [0.25, 0.3) is 0 Å². The Balaban J connectivity index is 1.96. The molecule has 1 aromatic rings. The zero-order valence-electron chi connectivity index (χ0n) is 13.9. The number of carbonyl (C=O) groups is 2. The van der Waals surface area contributed by atoms with Gasteiger partial charge < -0.3 is 15.3 Å². The lowest BCUT2D eigenvalue weighted by Gasteiger charge is -2.37. The second-order valence-corrected chi connectivity index (χ2v) is 6.24. The highest BCUT2D eigenvalue weighted by Crippen LogP contribution is 2.32. The van der Waals surface area contributed by atoms with Crippen LogP contribution in [0.4, 0.5) is 13.2 Å². The first-order chi connectivity index (χ1) is 11.6. The number of nitrogens with zero attached hydrogens (tertiary/aromatic N) is 1. The van der Waals surface area contributed by atoms with E-state index in [4.69, 9.17) is 0 Å². The smallest absolute Gasteiger partial charge is 0.378 e. The van der Waals surface area contributed by atoms with Gasteiger partial charge in [0.05, 0.1) is 12.1 Å². The molecule has 8 heteroatoms. The lowest BCUT2D eigenvalue weighted by atomic mass is 9.91. The van der Waals surface area contributed by atoms with E-state index in [0.29, 0.717) is 13.0 Å². The molecule has 0 radical (unpaired) electrons. The molecule has 138 valence electrons. The fourth-order valence-corrected chi connectivity index (χ4v) is 2.98. The highest BCUT2D eigenvalue weighted by Gasteiger charge is 2.41. The Morgan fingerprint density at radius 3 is 2.64 bits per heavy atom. The second-order valence-electron chi connectivity index (χ2n) is 6.24. The van der Waals surface area contributed by atoms with Crippen LogP contribution < -0.4 is 5.32 Å². The molecule has 1 heterocycles. The molecule has 0 bridgehead atoms. The van der Waals surface area contributed by atoms with Gasteiger partial charge in [0.1, 0.15) is 0 Å². The summed E-state index contributed by atoms with van der Waals surface area (Å²) >= 11 is 0. The molecule has 1 aliphatic rings. The molecular weight excluding hydrogens is 337 g/mol. The number of piperidine rings is 1. The standard InChI is InChI=1S/C17H21F3N2O3/c1-12(23)22-10-4-8-16(25,11-22)15(24)21-9-7-13-5-2-3-6-14(13)17(18,19)20/h2-3,5-6,25H,4,7-11H2,1H3,(H,21,24)/t16-/m0/s1. The zero-order valence-corrected chi connectivity index (χ0v) is 13.9. The van der Waals surface area contributed by atoms with Gasteiger partial charge in [0, 0.05) is 20.0 Å². The average Bonchev–Trinajstić information content (AvgIpc) is 2.54. The molecule has 2 N–H and O–H groups in total. The van der Waals surface area contributed by atoms with Crippen molar-refractivity contribution in [2.45, 2.75) is 38.0 Å². The van der Waals surface area contributed by atoms with Crippen molar-refractivity contribution in [2.75, 3.05) is 19.6 Å². The van der Waals surface area contributed by atoms with Gasteiger partial charge in [0.15, 0.2) is 5.60 Å². The number of amides is 2. The van der Waals surface area contributed by atoms with Gasteiger partial charge in [-0.25, -0.2) is 0 Å². The van der Waals surface area contributed by atoms with Crippen molar-refractivity contribution in [3.63, 3.8) is 0 Å². The predicted octanol–water partition coefficient (Wildman–Crippen LogP) is 1.74. The van der Waals surface area contributed by atoms with Gasteiger partial charge in [0.2, 0.25) is 5.91 Å². The van der Waals surface area contributed by atoms with Crippen LogP contribution in [0, 0.1) is 0 Å². The van der Waals surface area contributed by atoms with Crippen LogP contribution in [0.15, 0.2) is 24.3 Å². The Kier molecular flexibility index (Phi) is 5.72. The molecule has 1 aromatic carbocycles. The lowest BCUT2D eigenvalue weighted by molar-refractivity contribution is -0.150. The molecule has 0 unspecified atom stereocenters. The summed E-state index contributed by atoms with van der Waals surface area (Å²) in [6, 6.07) is 5.18. The van der Waals surface area contributed by atoms with E-state index in [1.165, 1.54) is 30.0 Å². The molecule has 1 fully saturated rings. The summed E-state index contributed by atoms with van der Waals surface area (Å²) in [7, 11) is 0. The molecule has 2 amide bonds. The van der Waals surface area contributed by atoms with Gasteiger partial charge in [-0.1, -0.05) is 18.2 Å². The first kappa shape index (κ1) is 19.2. The Labute approximate surface area is 143 Å². The maximum Gasteiger partial charge on any atom is 0.416 e. The number of likely N-dealkylation sites (tertiary alicyclic amines) is 1. The topological polar surface area (TPSA) is 69.6 Å². The Morgan fingerprint density at radius 1 is 1.32 bits per heavy atom. The first-order valence-corrected chi connectivity index (χ1v) is 8.05. The van der Waals surface area contributed by atoms with Crippen LogP contribution in [0.1, 0.15) is 30.9 Å². The molecule has 0 aliphatic carbocycles. The predicted molar refractivity (Wildman–Crippen MR) is 84.6 cm³/mol. The van der Waals surface area contributed by atoms with Gasteiger partial charge >= 0.3 is 6.18 Å². The van der Waals surface area contributed by atoms with E-state index in [1.807, 2.05) is 0 Å². The first-order valence-electron chi connectivity index (χ1n) is 8.05. The number of alkyl halides is 3. The molecule has 0 spiro atoms. The van der Waals surface area contributed by atoms with Crippen molar-refractivity contribution in [1.82, 2.24) is 10.2 Å². The largest absolute Gasteiger partial charge is 0.416 e. The van der Waals surface area contributed by atoms with Crippen LogP contribution in [0.5, 0.6) is 0 Å². The monoisotopic (exact) mass is 358 g/mol. The van der Waals surface area contributed by atoms with E-state index in [0.717, 1.165) is 6.07 Å². The minimum absolute atomic E-state index is 0.00603. The number of rotatable bonds is 4. The number of halogens is 3. The van der Waals surface area contributed by atoms with E-state index in [-0.39, 0.29) is 37.4 Å². The highest BCUT2D eigenvalue weighted by molar-refractivity contribution is 5.86. The Bertz CT molecular complexity index is 648. The van der Waals surface area contributed by atoms with Crippen LogP contribution in [-0.4, -0.2) is 47.1 Å². The fraction of sp³-hybridized carbons (Fsp3) is 0.529. The molecule has 5 nitrogen and oxygen atoms in total. The van der Waals surface area contributed by atoms with Crippen molar-refractivity contribution in [3.05, 3.63) is 35.4 Å². The number of hydrogen-bond acceptors (Lipinski definition) is 3. The van der Waals surface area contributed by atoms with Crippen molar-refractivity contribution in [1.29, 1.82) is 0 Å². The molecular formula is C17H21F3N2O3. The van der Waals surface area contributed by atoms with Gasteiger partial charge in [-0.15, -0.1) is 0 Å². The Hall–Kier alpha value is -2.09. The molecule has 25 heavy (non-hydrogen) atoms. The number of β-amino-alcohol motifs (C(OH)–C–C–N with tert-alkyl or cyclic N) is 1. The fourth-order valence-electron chi connectivity index (χ4n) is 2.98. The molecule has 0 aromatic heterocycles. The summed E-state index contributed by atoms with van der Waals surface area (Å²) in [5.74, 6) is -0.895. The van der Waals surface area contributed by atoms with Crippen molar-refractivity contribution in [3.8, 4) is 0 Å². The quantitative estimate of drug-likeness (QED) is 0.861. The van der Waals surface area contributed by atoms with Crippen molar-refractivity contribution < 1.29 is 27.9 Å². The van der Waals surface area contributed by atoms with Crippen LogP contribution in [0.2, 0.25) is 0 Å². The number of aliphatic hydroxyl groups is 1. The minimum atomic E-state index is -4.45. The van der Waals surface area contributed by atoms with Crippen LogP contribution >= 0.6 is 0 Å². The number of carbonyl (C=O) groups excluding carboxylic acids is 2. The number of hydrogen-bond donors (Lipinski definition) is 2. The van der Waals surface area contributed by atoms with Gasteiger partial charge in [-0.2, -0.15) is 13.2 Å². The molecule has 1 aliphatic heterocycles. The lowest BCUT2D eigenvalue weighted by Crippen LogP contribution is -2.58. The highest BCUT2D eigenvalue weighted by atomic mass is 19.4. The number of benzene rings is 1. The summed E-state index contributed by atoms with van der Waals surface area (Å²) in [5, 5.41) is 12.9. The van der Waals surface area contributed by atoms with E-state index < -0.39 is 23.2 Å². The third-order valence-corrected chi connectivity index (χ3v) is 4.34. The van der Waals surface area contributed by atoms with Crippen molar-refractivity contribution >= 4 is 11.8 Å². The van der Waals surface area contributed by atoms with Gasteiger partial charge in [-0.05, 0) is 30.9 Å². The van der Waals surface area contributed by atoms with Gasteiger partial charge in [-0.3, -0.25) is 9.59 Å². The average molecular weight is 358 g/mol. The normalized spacial score (nSPS) is 21.1. The van der Waals surface area contributed by atoms with E-state index in [1.54, 1.807) is 0 Å². The van der Waals surface area contributed by atoms with Gasteiger partial charge in [0.25, 0.3) is 5.91 Å². The van der Waals surface area contributed by atoms with E-state index >= 15 is 0 Å². The minimum Gasteiger partial charge on any atom is -0.378 e. The summed E-state index contributed by atoms with van der Waals surface area (Å²) in [6.07, 6.45) is -3.76. The van der Waals surface area contributed by atoms with Crippen LogP contribution in [0.3, 0.4) is 0 Å². The SMILES string of the molecule is CC(=O)N1CCC[C@@](O)(C(=O)NCCc2ccccc2C(F)(F)F)C1.